The van der Waals surface area contributed by atoms with Gasteiger partial charge in [0.25, 0.3) is 0 Å². The zero-order valence-electron chi connectivity index (χ0n) is 10.0. The van der Waals surface area contributed by atoms with E-state index < -0.39 is 0 Å². The van der Waals surface area contributed by atoms with Crippen molar-refractivity contribution >= 4 is 16.6 Å². The third-order valence-electron chi connectivity index (χ3n) is 3.47. The smallest absolute Gasteiger partial charge is 0.0755 e. The van der Waals surface area contributed by atoms with Gasteiger partial charge in [0, 0.05) is 31.1 Å². The normalized spacial score (nSPS) is 15.7. The van der Waals surface area contributed by atoms with E-state index in [4.69, 9.17) is 0 Å². The van der Waals surface area contributed by atoms with Crippen LogP contribution in [0.25, 0.3) is 10.9 Å². The summed E-state index contributed by atoms with van der Waals surface area (Å²) >= 11 is 0. The number of nitrogens with one attached hydrogen (secondary N) is 1. The van der Waals surface area contributed by atoms with E-state index in [0.29, 0.717) is 5.92 Å². The van der Waals surface area contributed by atoms with Gasteiger partial charge in [-0.3, -0.25) is 4.68 Å². The number of nitrogens with zero attached hydrogens (tertiary/aromatic N) is 2. The van der Waals surface area contributed by atoms with Crippen LogP contribution in [0.5, 0.6) is 0 Å². The first-order valence-corrected chi connectivity index (χ1v) is 5.86. The lowest BCUT2D eigenvalue weighted by Crippen LogP contribution is -1.94. The molecule has 0 atom stereocenters. The summed E-state index contributed by atoms with van der Waals surface area (Å²) in [5.41, 5.74) is 5.06. The van der Waals surface area contributed by atoms with Gasteiger partial charge in [-0.15, -0.1) is 0 Å². The molecule has 16 heavy (non-hydrogen) atoms. The summed E-state index contributed by atoms with van der Waals surface area (Å²) in [7, 11) is 4.02. The Labute approximate surface area is 95.5 Å². The van der Waals surface area contributed by atoms with Gasteiger partial charge in [-0.2, -0.15) is 5.10 Å². The Balaban J connectivity index is 2.38. The van der Waals surface area contributed by atoms with Crippen molar-refractivity contribution in [2.75, 3.05) is 12.4 Å². The molecule has 1 heterocycles. The van der Waals surface area contributed by atoms with Crippen LogP contribution < -0.4 is 5.32 Å². The number of anilines is 1. The lowest BCUT2D eigenvalue weighted by atomic mass is 10.1. The third-order valence-corrected chi connectivity index (χ3v) is 3.47. The van der Waals surface area contributed by atoms with E-state index in [-0.39, 0.29) is 0 Å². The van der Waals surface area contributed by atoms with E-state index in [1.54, 1.807) is 0 Å². The summed E-state index contributed by atoms with van der Waals surface area (Å²) in [6, 6.07) is 4.33. The average Bonchev–Trinajstić information content (AvgIpc) is 3.05. The molecule has 1 aliphatic carbocycles. The first-order chi connectivity index (χ1) is 7.72. The highest BCUT2D eigenvalue weighted by atomic mass is 15.3. The van der Waals surface area contributed by atoms with Crippen LogP contribution in [0.4, 0.5) is 5.69 Å². The molecular weight excluding hydrogens is 198 g/mol. The molecule has 0 bridgehead atoms. The lowest BCUT2D eigenvalue weighted by molar-refractivity contribution is 0.767. The molecule has 2 aromatic rings. The highest BCUT2D eigenvalue weighted by molar-refractivity contribution is 5.96. The number of aryl methyl sites for hydroxylation is 2. The van der Waals surface area contributed by atoms with Gasteiger partial charge in [0.15, 0.2) is 0 Å². The maximum atomic E-state index is 4.68. The first-order valence-electron chi connectivity index (χ1n) is 5.86. The van der Waals surface area contributed by atoms with Crippen molar-refractivity contribution in [1.29, 1.82) is 0 Å². The Hall–Kier alpha value is -1.51. The van der Waals surface area contributed by atoms with Crippen LogP contribution >= 0.6 is 0 Å². The van der Waals surface area contributed by atoms with Crippen LogP contribution in [0.3, 0.4) is 0 Å². The van der Waals surface area contributed by atoms with Crippen molar-refractivity contribution in [1.82, 2.24) is 9.78 Å². The monoisotopic (exact) mass is 215 g/mol. The zero-order chi connectivity index (χ0) is 11.3. The molecule has 1 N–H and O–H groups in total. The van der Waals surface area contributed by atoms with Gasteiger partial charge in [0.2, 0.25) is 0 Å². The lowest BCUT2D eigenvalue weighted by Gasteiger charge is -2.07. The van der Waals surface area contributed by atoms with Crippen molar-refractivity contribution in [3.8, 4) is 0 Å². The maximum Gasteiger partial charge on any atom is 0.0755 e. The second-order valence-electron chi connectivity index (χ2n) is 4.68. The van der Waals surface area contributed by atoms with Crippen LogP contribution in [0.2, 0.25) is 0 Å². The molecule has 1 fully saturated rings. The van der Waals surface area contributed by atoms with Crippen LogP contribution in [0.1, 0.15) is 30.0 Å². The van der Waals surface area contributed by atoms with Crippen molar-refractivity contribution in [2.45, 2.75) is 25.7 Å². The Bertz CT molecular complexity index is 550. The molecule has 1 aromatic carbocycles. The summed E-state index contributed by atoms with van der Waals surface area (Å²) in [5.74, 6) is 0.692. The topological polar surface area (TPSA) is 29.9 Å². The number of hydrogen-bond acceptors (Lipinski definition) is 2. The zero-order valence-corrected chi connectivity index (χ0v) is 10.0. The molecular formula is C13H17N3. The molecule has 0 unspecified atom stereocenters. The number of rotatable bonds is 2. The second-order valence-corrected chi connectivity index (χ2v) is 4.68. The van der Waals surface area contributed by atoms with Gasteiger partial charge in [-0.1, -0.05) is 6.07 Å². The molecule has 84 valence electrons. The largest absolute Gasteiger partial charge is 0.387 e. The number of benzene rings is 1. The molecule has 0 radical (unpaired) electrons. The van der Waals surface area contributed by atoms with E-state index in [2.05, 4.69) is 29.5 Å². The summed E-state index contributed by atoms with van der Waals surface area (Å²) in [6.07, 6.45) is 2.59. The predicted octanol–water partition coefficient (Wildman–Crippen LogP) is 2.80. The minimum atomic E-state index is 0.692. The molecule has 1 aliphatic rings. The predicted molar refractivity (Wildman–Crippen MR) is 67.0 cm³/mol. The van der Waals surface area contributed by atoms with E-state index in [9.17, 15) is 0 Å². The van der Waals surface area contributed by atoms with Crippen molar-refractivity contribution in [3.63, 3.8) is 0 Å². The van der Waals surface area contributed by atoms with Crippen LogP contribution in [-0.4, -0.2) is 16.8 Å². The van der Waals surface area contributed by atoms with Gasteiger partial charge in [0.1, 0.15) is 0 Å². The molecule has 0 spiro atoms. The average molecular weight is 215 g/mol. The number of fused-ring (bicyclic) bond motifs is 1. The SMILES string of the molecule is CNc1c(C)ccc2c1c(C1CC1)nn2C. The molecule has 1 saturated carbocycles. The van der Waals surface area contributed by atoms with Crippen molar-refractivity contribution in [3.05, 3.63) is 23.4 Å². The fraction of sp³-hybridized carbons (Fsp3) is 0.462. The Morgan fingerprint density at radius 2 is 2.12 bits per heavy atom. The number of aromatic nitrogens is 2. The Kier molecular flexibility index (Phi) is 1.96. The van der Waals surface area contributed by atoms with E-state index in [1.807, 2.05) is 18.8 Å². The Morgan fingerprint density at radius 1 is 1.38 bits per heavy atom. The van der Waals surface area contributed by atoms with Crippen LogP contribution in [-0.2, 0) is 7.05 Å². The van der Waals surface area contributed by atoms with Crippen molar-refractivity contribution in [2.24, 2.45) is 7.05 Å². The minimum Gasteiger partial charge on any atom is -0.387 e. The third kappa shape index (κ3) is 1.24. The van der Waals surface area contributed by atoms with E-state index in [0.717, 1.165) is 0 Å². The minimum absolute atomic E-state index is 0.692. The summed E-state index contributed by atoms with van der Waals surface area (Å²) in [4.78, 5) is 0. The fourth-order valence-corrected chi connectivity index (χ4v) is 2.45. The van der Waals surface area contributed by atoms with Gasteiger partial charge >= 0.3 is 0 Å². The Morgan fingerprint density at radius 3 is 2.75 bits per heavy atom. The summed E-state index contributed by atoms with van der Waals surface area (Å²) in [5, 5.41) is 9.33. The molecule has 0 aliphatic heterocycles. The summed E-state index contributed by atoms with van der Waals surface area (Å²) < 4.78 is 2.00. The quantitative estimate of drug-likeness (QED) is 0.834. The molecule has 3 nitrogen and oxygen atoms in total. The van der Waals surface area contributed by atoms with Gasteiger partial charge in [-0.05, 0) is 31.4 Å². The van der Waals surface area contributed by atoms with Crippen molar-refractivity contribution < 1.29 is 0 Å². The standard InChI is InChI=1S/C13H17N3/c1-8-4-7-10-11(12(8)14-2)13(9-5-6-9)15-16(10)3/h4,7,9,14H,5-6H2,1-3H3. The van der Waals surface area contributed by atoms with E-state index >= 15 is 0 Å². The number of hydrogen-bond donors (Lipinski definition) is 1. The molecule has 3 heteroatoms. The highest BCUT2D eigenvalue weighted by Gasteiger charge is 2.29. The molecule has 0 amide bonds. The van der Waals surface area contributed by atoms with Crippen LogP contribution in [0, 0.1) is 6.92 Å². The van der Waals surface area contributed by atoms with Gasteiger partial charge < -0.3 is 5.32 Å². The fourth-order valence-electron chi connectivity index (χ4n) is 2.45. The highest BCUT2D eigenvalue weighted by Crippen LogP contribution is 2.44. The second kappa shape index (κ2) is 3.24. The van der Waals surface area contributed by atoms with Gasteiger partial charge in [-0.25, -0.2) is 0 Å². The molecule has 0 saturated heterocycles. The molecule has 3 rings (SSSR count). The van der Waals surface area contributed by atoms with Crippen LogP contribution in [0.15, 0.2) is 12.1 Å². The summed E-state index contributed by atoms with van der Waals surface area (Å²) in [6.45, 7) is 2.15. The first kappa shape index (κ1) is 9.70. The van der Waals surface area contributed by atoms with Gasteiger partial charge in [0.05, 0.1) is 11.2 Å². The van der Waals surface area contributed by atoms with E-state index in [1.165, 1.54) is 40.7 Å². The maximum absolute atomic E-state index is 4.68. The molecule has 1 aromatic heterocycles.